The summed E-state index contributed by atoms with van der Waals surface area (Å²) in [7, 11) is 1.65. The molecule has 1 heterocycles. The van der Waals surface area contributed by atoms with Crippen molar-refractivity contribution in [1.29, 1.82) is 0 Å². The number of nitrogens with zero attached hydrogens (tertiary/aromatic N) is 1. The van der Waals surface area contributed by atoms with Crippen molar-refractivity contribution in [3.63, 3.8) is 0 Å². The molecule has 26 heavy (non-hydrogen) atoms. The van der Waals surface area contributed by atoms with Gasteiger partial charge in [-0.05, 0) is 43.2 Å². The van der Waals surface area contributed by atoms with Gasteiger partial charge in [-0.3, -0.25) is 4.79 Å². The highest BCUT2D eigenvalue weighted by atomic mass is 32.2. The molecular weight excluding hydrogens is 346 g/mol. The van der Waals surface area contributed by atoms with Gasteiger partial charge in [0.15, 0.2) is 0 Å². The molecule has 3 aromatic rings. The molecule has 2 N–H and O–H groups in total. The van der Waals surface area contributed by atoms with Gasteiger partial charge in [-0.15, -0.1) is 11.8 Å². The van der Waals surface area contributed by atoms with E-state index < -0.39 is 0 Å². The van der Waals surface area contributed by atoms with E-state index in [1.54, 1.807) is 18.9 Å². The van der Waals surface area contributed by atoms with E-state index in [9.17, 15) is 4.79 Å². The van der Waals surface area contributed by atoms with Crippen LogP contribution in [0, 0.1) is 0 Å². The summed E-state index contributed by atoms with van der Waals surface area (Å²) in [4.78, 5) is 20.0. The van der Waals surface area contributed by atoms with E-state index in [2.05, 4.69) is 22.2 Å². The average molecular weight is 369 g/mol. The fourth-order valence-corrected chi connectivity index (χ4v) is 3.41. The van der Waals surface area contributed by atoms with Crippen molar-refractivity contribution in [2.45, 2.75) is 18.6 Å². The Morgan fingerprint density at radius 1 is 1.23 bits per heavy atom. The Balaban J connectivity index is 1.41. The SMILES string of the molecule is COc1ccc(CCNC(=O)CSC(C)c2nc3ccccc3[nH]2)cc1. The number of thioether (sulfide) groups is 1. The third-order valence-electron chi connectivity index (χ3n) is 4.15. The number of methoxy groups -OCH3 is 1. The summed E-state index contributed by atoms with van der Waals surface area (Å²) in [5, 5.41) is 3.11. The number of nitrogens with one attached hydrogen (secondary N) is 2. The monoisotopic (exact) mass is 369 g/mol. The average Bonchev–Trinajstić information content (AvgIpc) is 3.11. The molecular formula is C20H23N3O2S. The maximum atomic E-state index is 12.1. The van der Waals surface area contributed by atoms with Gasteiger partial charge in [-0.2, -0.15) is 0 Å². The van der Waals surface area contributed by atoms with E-state index in [1.165, 1.54) is 5.56 Å². The fraction of sp³-hybridized carbons (Fsp3) is 0.300. The van der Waals surface area contributed by atoms with Crippen molar-refractivity contribution in [2.24, 2.45) is 0 Å². The molecule has 0 aliphatic carbocycles. The number of hydrogen-bond donors (Lipinski definition) is 2. The maximum Gasteiger partial charge on any atom is 0.230 e. The lowest BCUT2D eigenvalue weighted by molar-refractivity contribution is -0.118. The summed E-state index contributed by atoms with van der Waals surface area (Å²) >= 11 is 1.58. The number of carbonyl (C=O) groups excluding carboxylic acids is 1. The van der Waals surface area contributed by atoms with Crippen LogP contribution in [0.5, 0.6) is 5.75 Å². The van der Waals surface area contributed by atoms with E-state index >= 15 is 0 Å². The number of imidazole rings is 1. The molecule has 6 heteroatoms. The summed E-state index contributed by atoms with van der Waals surface area (Å²) in [6, 6.07) is 15.9. The second-order valence-electron chi connectivity index (χ2n) is 6.04. The molecule has 136 valence electrons. The first-order valence-corrected chi connectivity index (χ1v) is 9.66. The molecule has 0 bridgehead atoms. The van der Waals surface area contributed by atoms with Crippen molar-refractivity contribution in [3.05, 3.63) is 59.9 Å². The van der Waals surface area contributed by atoms with Gasteiger partial charge in [-0.25, -0.2) is 4.98 Å². The molecule has 0 aliphatic heterocycles. The molecule has 0 saturated heterocycles. The van der Waals surface area contributed by atoms with Crippen LogP contribution < -0.4 is 10.1 Å². The molecule has 1 aromatic heterocycles. The number of hydrogen-bond acceptors (Lipinski definition) is 4. The number of amides is 1. The summed E-state index contributed by atoms with van der Waals surface area (Å²) in [6.07, 6.45) is 0.805. The standard InChI is InChI=1S/C20H23N3O2S/c1-14(20-22-17-5-3-4-6-18(17)23-20)26-13-19(24)21-12-11-15-7-9-16(25-2)10-8-15/h3-10,14H,11-13H2,1-2H3,(H,21,24)(H,22,23). The predicted molar refractivity (Wildman–Crippen MR) is 107 cm³/mol. The van der Waals surface area contributed by atoms with Crippen molar-refractivity contribution < 1.29 is 9.53 Å². The van der Waals surface area contributed by atoms with Crippen LogP contribution in [-0.2, 0) is 11.2 Å². The van der Waals surface area contributed by atoms with Crippen LogP contribution in [0.1, 0.15) is 23.6 Å². The van der Waals surface area contributed by atoms with Crippen molar-refractivity contribution >= 4 is 28.7 Å². The molecule has 1 amide bonds. The van der Waals surface area contributed by atoms with Gasteiger partial charge >= 0.3 is 0 Å². The molecule has 2 aromatic carbocycles. The van der Waals surface area contributed by atoms with Crippen molar-refractivity contribution in [2.75, 3.05) is 19.4 Å². The summed E-state index contributed by atoms with van der Waals surface area (Å²) < 4.78 is 5.14. The fourth-order valence-electron chi connectivity index (χ4n) is 2.63. The number of fused-ring (bicyclic) bond motifs is 1. The number of carbonyl (C=O) groups is 1. The van der Waals surface area contributed by atoms with Gasteiger partial charge < -0.3 is 15.0 Å². The van der Waals surface area contributed by atoms with E-state index in [0.29, 0.717) is 12.3 Å². The van der Waals surface area contributed by atoms with Crippen LogP contribution in [0.2, 0.25) is 0 Å². The largest absolute Gasteiger partial charge is 0.497 e. The van der Waals surface area contributed by atoms with Crippen LogP contribution in [0.25, 0.3) is 11.0 Å². The van der Waals surface area contributed by atoms with Crippen LogP contribution >= 0.6 is 11.8 Å². The Hall–Kier alpha value is -2.47. The van der Waals surface area contributed by atoms with Gasteiger partial charge in [-0.1, -0.05) is 24.3 Å². The zero-order valence-electron chi connectivity index (χ0n) is 15.0. The van der Waals surface area contributed by atoms with Gasteiger partial charge in [0.25, 0.3) is 0 Å². The first kappa shape index (κ1) is 18.3. The highest BCUT2D eigenvalue weighted by Gasteiger charge is 2.13. The first-order valence-electron chi connectivity index (χ1n) is 8.61. The molecule has 5 nitrogen and oxygen atoms in total. The Bertz CT molecular complexity index is 828. The quantitative estimate of drug-likeness (QED) is 0.635. The summed E-state index contributed by atoms with van der Waals surface area (Å²) in [5.74, 6) is 2.21. The predicted octanol–water partition coefficient (Wildman–Crippen LogP) is 3.72. The molecule has 0 aliphatic rings. The van der Waals surface area contributed by atoms with Gasteiger partial charge in [0, 0.05) is 6.54 Å². The van der Waals surface area contributed by atoms with Crippen LogP contribution in [-0.4, -0.2) is 35.3 Å². The van der Waals surface area contributed by atoms with E-state index in [1.807, 2.05) is 48.5 Å². The number of benzene rings is 2. The molecule has 3 rings (SSSR count). The number of rotatable bonds is 8. The number of aromatic amines is 1. The molecule has 0 saturated carbocycles. The van der Waals surface area contributed by atoms with E-state index in [4.69, 9.17) is 4.74 Å². The smallest absolute Gasteiger partial charge is 0.230 e. The van der Waals surface area contributed by atoms with Crippen molar-refractivity contribution in [1.82, 2.24) is 15.3 Å². The first-order chi connectivity index (χ1) is 12.7. The zero-order valence-corrected chi connectivity index (χ0v) is 15.8. The minimum absolute atomic E-state index is 0.0477. The summed E-state index contributed by atoms with van der Waals surface area (Å²) in [6.45, 7) is 2.69. The number of para-hydroxylation sites is 2. The second kappa shape index (κ2) is 8.76. The van der Waals surface area contributed by atoms with Crippen LogP contribution in [0.4, 0.5) is 0 Å². The minimum atomic E-state index is 0.0477. The highest BCUT2D eigenvalue weighted by Crippen LogP contribution is 2.27. The Morgan fingerprint density at radius 2 is 2.00 bits per heavy atom. The van der Waals surface area contributed by atoms with Crippen LogP contribution in [0.3, 0.4) is 0 Å². The van der Waals surface area contributed by atoms with Gasteiger partial charge in [0.2, 0.25) is 5.91 Å². The lowest BCUT2D eigenvalue weighted by Gasteiger charge is -2.09. The van der Waals surface area contributed by atoms with E-state index in [-0.39, 0.29) is 11.2 Å². The van der Waals surface area contributed by atoms with Crippen molar-refractivity contribution in [3.8, 4) is 5.75 Å². The lowest BCUT2D eigenvalue weighted by Crippen LogP contribution is -2.27. The number of ether oxygens (including phenoxy) is 1. The van der Waals surface area contributed by atoms with E-state index in [0.717, 1.165) is 29.0 Å². The normalized spacial score (nSPS) is 12.1. The molecule has 1 unspecified atom stereocenters. The molecule has 0 spiro atoms. The number of H-pyrrole nitrogens is 1. The zero-order chi connectivity index (χ0) is 18.4. The van der Waals surface area contributed by atoms with Crippen LogP contribution in [0.15, 0.2) is 48.5 Å². The lowest BCUT2D eigenvalue weighted by atomic mass is 10.1. The molecule has 0 fully saturated rings. The Labute approximate surface area is 157 Å². The van der Waals surface area contributed by atoms with Gasteiger partial charge in [0.05, 0.1) is 29.1 Å². The molecule has 1 atom stereocenters. The third-order valence-corrected chi connectivity index (χ3v) is 5.30. The third kappa shape index (κ3) is 4.79. The maximum absolute atomic E-state index is 12.1. The minimum Gasteiger partial charge on any atom is -0.497 e. The Kier molecular flexibility index (Phi) is 6.17. The topological polar surface area (TPSA) is 67.0 Å². The number of aromatic nitrogens is 2. The summed E-state index contributed by atoms with van der Waals surface area (Å²) in [5.41, 5.74) is 3.16. The Morgan fingerprint density at radius 3 is 2.73 bits per heavy atom. The van der Waals surface area contributed by atoms with Gasteiger partial charge in [0.1, 0.15) is 11.6 Å². The highest BCUT2D eigenvalue weighted by molar-refractivity contribution is 8.00. The molecule has 0 radical (unpaired) electrons. The second-order valence-corrected chi connectivity index (χ2v) is 7.37.